The van der Waals surface area contributed by atoms with Gasteiger partial charge in [0.15, 0.2) is 0 Å². The van der Waals surface area contributed by atoms with Gasteiger partial charge in [-0.1, -0.05) is 19.1 Å². The number of ether oxygens (including phenoxy) is 1. The van der Waals surface area contributed by atoms with Crippen LogP contribution in [0.4, 0.5) is 21.5 Å². The summed E-state index contributed by atoms with van der Waals surface area (Å²) in [4.78, 5) is 18.8. The standard InChI is InChI=1S/C29H31FN4O2/c1-3-25-28(23-13-10-20(18-27(23)32-25)31-26-7-5-4-6-24(26)30)33-29(35)19-8-11-21(12-9-19)36-22-14-16-34(2)17-15-22/h4-13,18,22,31-32H,3,14-17H2,1-2H3,(H,33,35). The summed E-state index contributed by atoms with van der Waals surface area (Å²) in [6.07, 6.45) is 2.97. The molecule has 186 valence electrons. The van der Waals surface area contributed by atoms with E-state index in [1.807, 2.05) is 37.3 Å². The zero-order chi connectivity index (χ0) is 25.1. The fourth-order valence-corrected chi connectivity index (χ4v) is 4.62. The third kappa shape index (κ3) is 5.21. The van der Waals surface area contributed by atoms with Crippen LogP contribution in [0.1, 0.15) is 35.8 Å². The lowest BCUT2D eigenvalue weighted by atomic mass is 10.1. The second kappa shape index (κ2) is 10.4. The summed E-state index contributed by atoms with van der Waals surface area (Å²) in [6.45, 7) is 4.11. The number of H-pyrrole nitrogens is 1. The SMILES string of the molecule is CCc1[nH]c2cc(Nc3ccccc3F)ccc2c1NC(=O)c1ccc(OC2CCN(C)CC2)cc1. The molecule has 0 saturated carbocycles. The van der Waals surface area contributed by atoms with Gasteiger partial charge < -0.3 is 25.3 Å². The van der Waals surface area contributed by atoms with Gasteiger partial charge in [0.05, 0.1) is 11.4 Å². The molecule has 1 amide bonds. The van der Waals surface area contributed by atoms with Crippen molar-refractivity contribution in [1.29, 1.82) is 0 Å². The number of likely N-dealkylation sites (tertiary alicyclic amines) is 1. The van der Waals surface area contributed by atoms with E-state index in [9.17, 15) is 9.18 Å². The molecule has 6 nitrogen and oxygen atoms in total. The molecule has 36 heavy (non-hydrogen) atoms. The second-order valence-corrected chi connectivity index (χ2v) is 9.30. The predicted molar refractivity (Wildman–Crippen MR) is 143 cm³/mol. The number of anilines is 3. The summed E-state index contributed by atoms with van der Waals surface area (Å²) in [5.74, 6) is 0.302. The number of benzene rings is 3. The summed E-state index contributed by atoms with van der Waals surface area (Å²) in [5.41, 5.74) is 4.31. The fraction of sp³-hybridized carbons (Fsp3) is 0.276. The number of carbonyl (C=O) groups is 1. The van der Waals surface area contributed by atoms with Crippen LogP contribution in [-0.4, -0.2) is 42.0 Å². The number of aromatic nitrogens is 1. The Labute approximate surface area is 210 Å². The van der Waals surface area contributed by atoms with Crippen LogP contribution in [-0.2, 0) is 6.42 Å². The van der Waals surface area contributed by atoms with Gasteiger partial charge in [0.1, 0.15) is 17.7 Å². The highest BCUT2D eigenvalue weighted by Gasteiger charge is 2.19. The number of rotatable bonds is 7. The minimum atomic E-state index is -0.311. The number of aryl methyl sites for hydroxylation is 1. The van der Waals surface area contributed by atoms with Gasteiger partial charge in [-0.05, 0) is 80.9 Å². The van der Waals surface area contributed by atoms with E-state index in [1.54, 1.807) is 30.3 Å². The Morgan fingerprint density at radius 1 is 1.08 bits per heavy atom. The smallest absolute Gasteiger partial charge is 0.255 e. The van der Waals surface area contributed by atoms with Crippen molar-refractivity contribution in [3.8, 4) is 5.75 Å². The minimum absolute atomic E-state index is 0.176. The number of nitrogens with one attached hydrogen (secondary N) is 3. The maximum Gasteiger partial charge on any atom is 0.255 e. The highest BCUT2D eigenvalue weighted by atomic mass is 19.1. The summed E-state index contributed by atoms with van der Waals surface area (Å²) < 4.78 is 20.2. The molecule has 1 aromatic heterocycles. The average Bonchev–Trinajstić information content (AvgIpc) is 3.23. The topological polar surface area (TPSA) is 69.4 Å². The number of amides is 1. The summed E-state index contributed by atoms with van der Waals surface area (Å²) in [5, 5.41) is 7.11. The molecule has 2 heterocycles. The monoisotopic (exact) mass is 486 g/mol. The van der Waals surface area contributed by atoms with Gasteiger partial charge >= 0.3 is 0 Å². The Morgan fingerprint density at radius 3 is 2.56 bits per heavy atom. The molecule has 0 bridgehead atoms. The highest BCUT2D eigenvalue weighted by molar-refractivity contribution is 6.10. The van der Waals surface area contributed by atoms with Gasteiger partial charge in [-0.3, -0.25) is 4.79 Å². The normalized spacial score (nSPS) is 14.6. The minimum Gasteiger partial charge on any atom is -0.490 e. The van der Waals surface area contributed by atoms with Crippen molar-refractivity contribution in [1.82, 2.24) is 9.88 Å². The Kier molecular flexibility index (Phi) is 6.91. The zero-order valence-corrected chi connectivity index (χ0v) is 20.6. The van der Waals surface area contributed by atoms with Crippen LogP contribution in [0.2, 0.25) is 0 Å². The first-order valence-corrected chi connectivity index (χ1v) is 12.4. The molecule has 0 radical (unpaired) electrons. The molecule has 0 aliphatic carbocycles. The quantitative estimate of drug-likeness (QED) is 0.285. The molecule has 1 saturated heterocycles. The zero-order valence-electron chi connectivity index (χ0n) is 20.6. The van der Waals surface area contributed by atoms with E-state index in [0.717, 1.165) is 66.1 Å². The molecule has 4 aromatic rings. The van der Waals surface area contributed by atoms with E-state index in [4.69, 9.17) is 4.74 Å². The van der Waals surface area contributed by atoms with Crippen molar-refractivity contribution in [2.24, 2.45) is 0 Å². The van der Waals surface area contributed by atoms with Crippen molar-refractivity contribution >= 4 is 33.9 Å². The molecule has 3 aromatic carbocycles. The van der Waals surface area contributed by atoms with Crippen LogP contribution in [0.3, 0.4) is 0 Å². The van der Waals surface area contributed by atoms with Crippen LogP contribution >= 0.6 is 0 Å². The molecule has 7 heteroatoms. The third-order valence-electron chi connectivity index (χ3n) is 6.71. The first-order chi connectivity index (χ1) is 17.5. The van der Waals surface area contributed by atoms with Gasteiger partial charge in [-0.25, -0.2) is 4.39 Å². The van der Waals surface area contributed by atoms with Crippen LogP contribution in [0.25, 0.3) is 10.9 Å². The lowest BCUT2D eigenvalue weighted by Crippen LogP contribution is -2.35. The summed E-state index contributed by atoms with van der Waals surface area (Å²) in [6, 6.07) is 19.6. The fourth-order valence-electron chi connectivity index (χ4n) is 4.62. The molecule has 1 aliphatic rings. The largest absolute Gasteiger partial charge is 0.490 e. The van der Waals surface area contributed by atoms with Crippen molar-refractivity contribution < 1.29 is 13.9 Å². The molecule has 3 N–H and O–H groups in total. The van der Waals surface area contributed by atoms with Crippen LogP contribution in [0.5, 0.6) is 5.75 Å². The average molecular weight is 487 g/mol. The lowest BCUT2D eigenvalue weighted by molar-refractivity contribution is 0.102. The van der Waals surface area contributed by atoms with Crippen molar-refractivity contribution in [3.63, 3.8) is 0 Å². The molecule has 1 fully saturated rings. The van der Waals surface area contributed by atoms with Crippen molar-refractivity contribution in [2.75, 3.05) is 30.8 Å². The number of halogens is 1. The molecule has 1 aliphatic heterocycles. The van der Waals surface area contributed by atoms with Crippen LogP contribution in [0.15, 0.2) is 66.7 Å². The Hall–Kier alpha value is -3.84. The number of hydrogen-bond donors (Lipinski definition) is 3. The van der Waals surface area contributed by atoms with E-state index >= 15 is 0 Å². The molecule has 0 spiro atoms. The summed E-state index contributed by atoms with van der Waals surface area (Å²) >= 11 is 0. The van der Waals surface area contributed by atoms with Gasteiger partial charge in [-0.15, -0.1) is 0 Å². The van der Waals surface area contributed by atoms with E-state index < -0.39 is 0 Å². The van der Waals surface area contributed by atoms with Gasteiger partial charge in [0.2, 0.25) is 0 Å². The molecular weight excluding hydrogens is 455 g/mol. The Morgan fingerprint density at radius 2 is 1.83 bits per heavy atom. The van der Waals surface area contributed by atoms with E-state index in [1.165, 1.54) is 6.07 Å². The maximum atomic E-state index is 14.0. The predicted octanol–water partition coefficient (Wildman–Crippen LogP) is 6.34. The van der Waals surface area contributed by atoms with Crippen LogP contribution in [0, 0.1) is 5.82 Å². The maximum absolute atomic E-state index is 14.0. The van der Waals surface area contributed by atoms with E-state index in [-0.39, 0.29) is 17.8 Å². The van der Waals surface area contributed by atoms with Crippen LogP contribution < -0.4 is 15.4 Å². The number of aromatic amines is 1. The van der Waals surface area contributed by atoms with Crippen molar-refractivity contribution in [3.05, 3.63) is 83.8 Å². The first kappa shape index (κ1) is 23.9. The Bertz CT molecular complexity index is 1360. The number of hydrogen-bond acceptors (Lipinski definition) is 4. The van der Waals surface area contributed by atoms with Gasteiger partial charge in [0.25, 0.3) is 5.91 Å². The van der Waals surface area contributed by atoms with Gasteiger partial charge in [-0.2, -0.15) is 0 Å². The van der Waals surface area contributed by atoms with E-state index in [2.05, 4.69) is 27.6 Å². The number of carbonyl (C=O) groups excluding carboxylic acids is 1. The molecule has 5 rings (SSSR count). The van der Waals surface area contributed by atoms with Gasteiger partial charge in [0, 0.05) is 40.9 Å². The first-order valence-electron chi connectivity index (χ1n) is 12.4. The second-order valence-electron chi connectivity index (χ2n) is 9.30. The number of fused-ring (bicyclic) bond motifs is 1. The number of piperidine rings is 1. The highest BCUT2D eigenvalue weighted by Crippen LogP contribution is 2.32. The lowest BCUT2D eigenvalue weighted by Gasteiger charge is -2.29. The summed E-state index contributed by atoms with van der Waals surface area (Å²) in [7, 11) is 2.13. The number of para-hydroxylation sites is 1. The molecule has 0 unspecified atom stereocenters. The molecule has 0 atom stereocenters. The number of nitrogens with zero attached hydrogens (tertiary/aromatic N) is 1. The Balaban J connectivity index is 1.30. The molecular formula is C29H31FN4O2. The van der Waals surface area contributed by atoms with Crippen molar-refractivity contribution in [2.45, 2.75) is 32.3 Å². The van der Waals surface area contributed by atoms with E-state index in [0.29, 0.717) is 11.3 Å². The third-order valence-corrected chi connectivity index (χ3v) is 6.71.